The average Bonchev–Trinajstić information content (AvgIpc) is 2.20. The lowest BCUT2D eigenvalue weighted by Crippen LogP contribution is -2.20. The predicted molar refractivity (Wildman–Crippen MR) is 59.6 cm³/mol. The molecule has 14 heavy (non-hydrogen) atoms. The van der Waals surface area contributed by atoms with Gasteiger partial charge in [0.2, 0.25) is 0 Å². The van der Waals surface area contributed by atoms with E-state index in [1.54, 1.807) is 14.2 Å². The Morgan fingerprint density at radius 1 is 1.57 bits per heavy atom. The zero-order valence-electron chi connectivity index (χ0n) is 8.25. The van der Waals surface area contributed by atoms with Gasteiger partial charge in [0.25, 0.3) is 0 Å². The summed E-state index contributed by atoms with van der Waals surface area (Å²) in [6.07, 6.45) is 0. The SMILES string of the molecule is CN[C@H](CO)c1cc(Br)ccc1OC. The molecule has 4 heteroatoms. The highest BCUT2D eigenvalue weighted by atomic mass is 79.9. The first-order valence-electron chi connectivity index (χ1n) is 4.34. The fraction of sp³-hybridized carbons (Fsp3) is 0.400. The molecule has 0 bridgehead atoms. The maximum absolute atomic E-state index is 9.16. The van der Waals surface area contributed by atoms with E-state index in [4.69, 9.17) is 9.84 Å². The molecule has 1 atom stereocenters. The first-order chi connectivity index (χ1) is 6.72. The van der Waals surface area contributed by atoms with E-state index in [9.17, 15) is 0 Å². The standard InChI is InChI=1S/C10H14BrNO2/c1-12-9(6-13)8-5-7(11)3-4-10(8)14-2/h3-5,9,12-13H,6H2,1-2H3/t9-/m1/s1. The fourth-order valence-electron chi connectivity index (χ4n) is 1.32. The smallest absolute Gasteiger partial charge is 0.123 e. The highest BCUT2D eigenvalue weighted by Crippen LogP contribution is 2.27. The molecule has 0 amide bonds. The van der Waals surface area contributed by atoms with E-state index in [0.717, 1.165) is 15.8 Å². The van der Waals surface area contributed by atoms with Gasteiger partial charge in [0.15, 0.2) is 0 Å². The van der Waals surface area contributed by atoms with Crippen LogP contribution in [0.15, 0.2) is 22.7 Å². The van der Waals surface area contributed by atoms with Gasteiger partial charge in [-0.3, -0.25) is 0 Å². The molecule has 0 saturated carbocycles. The first kappa shape index (κ1) is 11.5. The number of likely N-dealkylation sites (N-methyl/N-ethyl adjacent to an activating group) is 1. The Bertz CT molecular complexity index is 300. The van der Waals surface area contributed by atoms with Crippen molar-refractivity contribution in [1.82, 2.24) is 5.32 Å². The molecular weight excluding hydrogens is 246 g/mol. The Labute approximate surface area is 92.2 Å². The van der Waals surface area contributed by atoms with E-state index in [0.29, 0.717) is 0 Å². The Morgan fingerprint density at radius 2 is 2.29 bits per heavy atom. The number of nitrogens with one attached hydrogen (secondary N) is 1. The summed E-state index contributed by atoms with van der Waals surface area (Å²) in [4.78, 5) is 0. The van der Waals surface area contributed by atoms with Gasteiger partial charge in [-0.05, 0) is 25.2 Å². The minimum absolute atomic E-state index is 0.0450. The van der Waals surface area contributed by atoms with Crippen molar-refractivity contribution in [3.8, 4) is 5.75 Å². The van der Waals surface area contributed by atoms with Gasteiger partial charge >= 0.3 is 0 Å². The van der Waals surface area contributed by atoms with Crippen molar-refractivity contribution in [2.75, 3.05) is 20.8 Å². The van der Waals surface area contributed by atoms with Crippen LogP contribution in [0, 0.1) is 0 Å². The van der Waals surface area contributed by atoms with Gasteiger partial charge in [-0.1, -0.05) is 15.9 Å². The zero-order valence-corrected chi connectivity index (χ0v) is 9.84. The molecule has 1 aromatic carbocycles. The molecule has 0 aliphatic carbocycles. The largest absolute Gasteiger partial charge is 0.496 e. The lowest BCUT2D eigenvalue weighted by molar-refractivity contribution is 0.247. The van der Waals surface area contributed by atoms with E-state index in [1.165, 1.54) is 0 Å². The number of rotatable bonds is 4. The lowest BCUT2D eigenvalue weighted by Gasteiger charge is -2.17. The van der Waals surface area contributed by atoms with Crippen molar-refractivity contribution in [3.05, 3.63) is 28.2 Å². The Balaban J connectivity index is 3.08. The maximum atomic E-state index is 9.16. The van der Waals surface area contributed by atoms with Gasteiger partial charge in [-0.2, -0.15) is 0 Å². The molecule has 3 nitrogen and oxygen atoms in total. The van der Waals surface area contributed by atoms with E-state index in [-0.39, 0.29) is 12.6 Å². The van der Waals surface area contributed by atoms with Crippen molar-refractivity contribution in [2.24, 2.45) is 0 Å². The van der Waals surface area contributed by atoms with Crippen molar-refractivity contribution in [1.29, 1.82) is 0 Å². The van der Waals surface area contributed by atoms with Crippen LogP contribution in [0.1, 0.15) is 11.6 Å². The molecule has 0 heterocycles. The van der Waals surface area contributed by atoms with E-state index >= 15 is 0 Å². The minimum Gasteiger partial charge on any atom is -0.496 e. The number of ether oxygens (including phenoxy) is 1. The number of halogens is 1. The second-order valence-corrected chi connectivity index (χ2v) is 3.83. The highest BCUT2D eigenvalue weighted by Gasteiger charge is 2.13. The number of benzene rings is 1. The summed E-state index contributed by atoms with van der Waals surface area (Å²) in [7, 11) is 3.43. The third-order valence-electron chi connectivity index (χ3n) is 2.10. The third kappa shape index (κ3) is 2.47. The molecule has 1 rings (SSSR count). The Kier molecular flexibility index (Phi) is 4.38. The molecule has 0 aliphatic rings. The van der Waals surface area contributed by atoms with Crippen LogP contribution < -0.4 is 10.1 Å². The van der Waals surface area contributed by atoms with Crippen molar-refractivity contribution in [3.63, 3.8) is 0 Å². The zero-order chi connectivity index (χ0) is 10.6. The van der Waals surface area contributed by atoms with Gasteiger partial charge in [-0.15, -0.1) is 0 Å². The van der Waals surface area contributed by atoms with Gasteiger partial charge in [0.1, 0.15) is 5.75 Å². The highest BCUT2D eigenvalue weighted by molar-refractivity contribution is 9.10. The number of hydrogen-bond donors (Lipinski definition) is 2. The van der Waals surface area contributed by atoms with Crippen molar-refractivity contribution >= 4 is 15.9 Å². The quantitative estimate of drug-likeness (QED) is 0.866. The molecule has 0 spiro atoms. The van der Waals surface area contributed by atoms with Crippen molar-refractivity contribution in [2.45, 2.75) is 6.04 Å². The van der Waals surface area contributed by atoms with Gasteiger partial charge in [0, 0.05) is 10.0 Å². The minimum atomic E-state index is -0.0950. The number of aliphatic hydroxyl groups excluding tert-OH is 1. The summed E-state index contributed by atoms with van der Waals surface area (Å²) in [5.74, 6) is 0.779. The first-order valence-corrected chi connectivity index (χ1v) is 5.13. The lowest BCUT2D eigenvalue weighted by atomic mass is 10.1. The average molecular weight is 260 g/mol. The molecule has 0 unspecified atom stereocenters. The molecule has 1 aromatic rings. The van der Waals surface area contributed by atoms with E-state index in [1.807, 2.05) is 18.2 Å². The van der Waals surface area contributed by atoms with Gasteiger partial charge in [0.05, 0.1) is 19.8 Å². The van der Waals surface area contributed by atoms with Crippen LogP contribution in [0.2, 0.25) is 0 Å². The fourth-order valence-corrected chi connectivity index (χ4v) is 1.70. The Hall–Kier alpha value is -0.580. The van der Waals surface area contributed by atoms with Crippen LogP contribution >= 0.6 is 15.9 Å². The maximum Gasteiger partial charge on any atom is 0.123 e. The van der Waals surface area contributed by atoms with Crippen LogP contribution in [-0.2, 0) is 0 Å². The van der Waals surface area contributed by atoms with Crippen LogP contribution in [0.25, 0.3) is 0 Å². The summed E-state index contributed by atoms with van der Waals surface area (Å²) in [5.41, 5.74) is 0.951. The molecule has 0 aromatic heterocycles. The molecular formula is C10H14BrNO2. The predicted octanol–water partition coefficient (Wildman–Crippen LogP) is 1.71. The van der Waals surface area contributed by atoms with Crippen LogP contribution in [0.3, 0.4) is 0 Å². The summed E-state index contributed by atoms with van der Waals surface area (Å²) < 4.78 is 6.19. The van der Waals surface area contributed by atoms with Crippen LogP contribution in [0.5, 0.6) is 5.75 Å². The summed E-state index contributed by atoms with van der Waals surface area (Å²) in [5, 5.41) is 12.2. The second-order valence-electron chi connectivity index (χ2n) is 2.91. The van der Waals surface area contributed by atoms with Gasteiger partial charge < -0.3 is 15.2 Å². The molecule has 0 fully saturated rings. The number of aliphatic hydroxyl groups is 1. The monoisotopic (exact) mass is 259 g/mol. The van der Waals surface area contributed by atoms with E-state index in [2.05, 4.69) is 21.2 Å². The molecule has 0 saturated heterocycles. The molecule has 0 radical (unpaired) electrons. The third-order valence-corrected chi connectivity index (χ3v) is 2.59. The van der Waals surface area contributed by atoms with Crippen molar-refractivity contribution < 1.29 is 9.84 Å². The van der Waals surface area contributed by atoms with Crippen LogP contribution in [0.4, 0.5) is 0 Å². The molecule has 0 aliphatic heterocycles. The summed E-state index contributed by atoms with van der Waals surface area (Å²) in [6, 6.07) is 5.63. The van der Waals surface area contributed by atoms with Crippen LogP contribution in [-0.4, -0.2) is 25.9 Å². The summed E-state index contributed by atoms with van der Waals surface area (Å²) >= 11 is 3.39. The topological polar surface area (TPSA) is 41.5 Å². The molecule has 78 valence electrons. The van der Waals surface area contributed by atoms with Gasteiger partial charge in [-0.25, -0.2) is 0 Å². The Morgan fingerprint density at radius 3 is 2.79 bits per heavy atom. The number of methoxy groups -OCH3 is 1. The molecule has 2 N–H and O–H groups in total. The second kappa shape index (κ2) is 5.34. The summed E-state index contributed by atoms with van der Waals surface area (Å²) in [6.45, 7) is 0.0450. The normalized spacial score (nSPS) is 12.6. The van der Waals surface area contributed by atoms with E-state index < -0.39 is 0 Å². The number of hydrogen-bond acceptors (Lipinski definition) is 3.